The van der Waals surface area contributed by atoms with E-state index < -0.39 is 0 Å². The molecule has 0 amide bonds. The second-order valence-electron chi connectivity index (χ2n) is 2.92. The fourth-order valence-corrected chi connectivity index (χ4v) is 3.01. The zero-order valence-corrected chi connectivity index (χ0v) is 9.01. The fourth-order valence-electron chi connectivity index (χ4n) is 0.965. The Hall–Kier alpha value is 0.299. The van der Waals surface area contributed by atoms with Gasteiger partial charge in [-0.25, -0.2) is 0 Å². The van der Waals surface area contributed by atoms with Crippen LogP contribution in [-0.2, 0) is 0 Å². The van der Waals surface area contributed by atoms with Gasteiger partial charge in [0.1, 0.15) is 0 Å². The van der Waals surface area contributed by atoms with Gasteiger partial charge < -0.3 is 0 Å². The van der Waals surface area contributed by atoms with E-state index in [4.69, 9.17) is 0 Å². The minimum absolute atomic E-state index is 0.384. The van der Waals surface area contributed by atoms with E-state index in [1.54, 1.807) is 0 Å². The van der Waals surface area contributed by atoms with Crippen LogP contribution in [0.1, 0.15) is 13.8 Å². The number of allylic oxidation sites excluding steroid dienone is 4. The van der Waals surface area contributed by atoms with Crippen molar-refractivity contribution in [1.29, 1.82) is 0 Å². The van der Waals surface area contributed by atoms with Crippen LogP contribution in [0.25, 0.3) is 0 Å². The molecule has 0 radical (unpaired) electrons. The Morgan fingerprint density at radius 3 is 2.60 bits per heavy atom. The van der Waals surface area contributed by atoms with Crippen LogP contribution in [0.15, 0.2) is 24.3 Å². The molecule has 1 rings (SSSR count). The van der Waals surface area contributed by atoms with Gasteiger partial charge in [0, 0.05) is 0 Å². The SMILES string of the molecule is CC1C=CC=CC1(C)[PH+]=[Se]. The Morgan fingerprint density at radius 2 is 2.20 bits per heavy atom. The average Bonchev–Trinajstić information content (AvgIpc) is 1.96. The van der Waals surface area contributed by atoms with Gasteiger partial charge in [-0.1, -0.05) is 0 Å². The maximum atomic E-state index is 3.13. The van der Waals surface area contributed by atoms with Crippen LogP contribution in [0, 0.1) is 5.92 Å². The molecule has 0 aromatic carbocycles. The molecule has 3 atom stereocenters. The molecule has 0 spiro atoms. The van der Waals surface area contributed by atoms with Crippen LogP contribution in [-0.4, -0.2) is 20.3 Å². The summed E-state index contributed by atoms with van der Waals surface area (Å²) in [6, 6.07) is 0. The normalized spacial score (nSPS) is 38.8. The third-order valence-corrected chi connectivity index (χ3v) is 5.95. The van der Waals surface area contributed by atoms with Gasteiger partial charge in [0.25, 0.3) is 0 Å². The molecule has 1 aliphatic carbocycles. The van der Waals surface area contributed by atoms with Crippen molar-refractivity contribution in [3.05, 3.63) is 24.3 Å². The molecule has 0 aliphatic heterocycles. The van der Waals surface area contributed by atoms with Crippen molar-refractivity contribution in [3.63, 3.8) is 0 Å². The van der Waals surface area contributed by atoms with Crippen molar-refractivity contribution in [2.24, 2.45) is 5.92 Å². The summed E-state index contributed by atoms with van der Waals surface area (Å²) < 4.78 is 0. The topological polar surface area (TPSA) is 0 Å². The molecular weight excluding hydrogens is 206 g/mol. The molecule has 54 valence electrons. The quantitative estimate of drug-likeness (QED) is 0.467. The maximum absolute atomic E-state index is 3.13. The van der Waals surface area contributed by atoms with Crippen molar-refractivity contribution in [3.8, 4) is 0 Å². The molecule has 0 bridgehead atoms. The Kier molecular flexibility index (Phi) is 2.63. The van der Waals surface area contributed by atoms with E-state index in [1.165, 1.54) is 0 Å². The van der Waals surface area contributed by atoms with E-state index >= 15 is 0 Å². The molecule has 2 heteroatoms. The van der Waals surface area contributed by atoms with Crippen LogP contribution < -0.4 is 0 Å². The number of rotatable bonds is 1. The van der Waals surface area contributed by atoms with E-state index in [2.05, 4.69) is 53.2 Å². The average molecular weight is 218 g/mol. The molecule has 0 nitrogen and oxygen atoms in total. The zero-order valence-electron chi connectivity index (χ0n) is 6.29. The van der Waals surface area contributed by atoms with E-state index in [9.17, 15) is 0 Å². The molecule has 0 saturated heterocycles. The van der Waals surface area contributed by atoms with Gasteiger partial charge in [-0.05, 0) is 0 Å². The second kappa shape index (κ2) is 3.13. The van der Waals surface area contributed by atoms with E-state index in [-0.39, 0.29) is 0 Å². The Balaban J connectivity index is 2.87. The van der Waals surface area contributed by atoms with E-state index in [0.717, 1.165) is 6.83 Å². The van der Waals surface area contributed by atoms with Crippen LogP contribution in [0.3, 0.4) is 0 Å². The standard InChI is InChI=1S/C8H11PSe/c1-7-5-3-4-6-8(7,2)9-10/h3-7H,1-2H3/p+1. The van der Waals surface area contributed by atoms with Gasteiger partial charge in [0.05, 0.1) is 0 Å². The van der Waals surface area contributed by atoms with E-state index in [0.29, 0.717) is 11.1 Å². The van der Waals surface area contributed by atoms with Crippen molar-refractivity contribution in [2.75, 3.05) is 0 Å². The second-order valence-corrected chi connectivity index (χ2v) is 5.48. The van der Waals surface area contributed by atoms with E-state index in [1.807, 2.05) is 0 Å². The molecule has 10 heavy (non-hydrogen) atoms. The van der Waals surface area contributed by atoms with Gasteiger partial charge in [-0.3, -0.25) is 0 Å². The van der Waals surface area contributed by atoms with Crippen molar-refractivity contribution < 1.29 is 0 Å². The Morgan fingerprint density at radius 1 is 1.50 bits per heavy atom. The molecule has 0 saturated carbocycles. The van der Waals surface area contributed by atoms with Crippen molar-refractivity contribution in [2.45, 2.75) is 19.0 Å². The first-order chi connectivity index (χ1) is 4.69. The molecule has 0 fully saturated rings. The van der Waals surface area contributed by atoms with Crippen LogP contribution >= 0.6 is 6.83 Å². The van der Waals surface area contributed by atoms with Crippen molar-refractivity contribution in [1.82, 2.24) is 0 Å². The van der Waals surface area contributed by atoms with Crippen LogP contribution in [0.2, 0.25) is 0 Å². The molecule has 0 aromatic rings. The van der Waals surface area contributed by atoms with Gasteiger partial charge in [-0.2, -0.15) is 0 Å². The minimum atomic E-state index is 0.384. The summed E-state index contributed by atoms with van der Waals surface area (Å²) in [6.45, 7) is 5.44. The molecule has 1 aliphatic rings. The Labute approximate surface area is 71.5 Å². The fraction of sp³-hybridized carbons (Fsp3) is 0.500. The summed E-state index contributed by atoms with van der Waals surface area (Å²) in [5.74, 6) is 0.678. The molecular formula is C8H12PSe+. The summed E-state index contributed by atoms with van der Waals surface area (Å²) in [6.07, 6.45) is 8.84. The predicted molar refractivity (Wildman–Crippen MR) is 49.9 cm³/mol. The first kappa shape index (κ1) is 8.40. The zero-order chi connectivity index (χ0) is 7.61. The monoisotopic (exact) mass is 219 g/mol. The summed E-state index contributed by atoms with van der Waals surface area (Å²) in [5.41, 5.74) is 0. The van der Waals surface area contributed by atoms with Gasteiger partial charge in [-0.15, -0.1) is 0 Å². The molecule has 0 heterocycles. The summed E-state index contributed by atoms with van der Waals surface area (Å²) in [5, 5.41) is 0.384. The van der Waals surface area contributed by atoms with Crippen LogP contribution in [0.5, 0.6) is 0 Å². The van der Waals surface area contributed by atoms with Crippen molar-refractivity contribution >= 4 is 21.9 Å². The first-order valence-corrected chi connectivity index (χ1v) is 6.92. The number of hydrogen-bond donors (Lipinski definition) is 0. The molecule has 0 aromatic heterocycles. The third kappa shape index (κ3) is 1.48. The van der Waals surface area contributed by atoms with Gasteiger partial charge >= 0.3 is 71.2 Å². The van der Waals surface area contributed by atoms with Crippen LogP contribution in [0.4, 0.5) is 0 Å². The number of hydrogen-bond acceptors (Lipinski definition) is 0. The Bertz CT molecular complexity index is 195. The van der Waals surface area contributed by atoms with Gasteiger partial charge in [0.2, 0.25) is 0 Å². The molecule has 3 unspecified atom stereocenters. The summed E-state index contributed by atoms with van der Waals surface area (Å²) in [4.78, 5) is 0. The summed E-state index contributed by atoms with van der Waals surface area (Å²) >= 11 is 3.13. The third-order valence-electron chi connectivity index (χ3n) is 2.12. The van der Waals surface area contributed by atoms with Gasteiger partial charge in [0.15, 0.2) is 0 Å². The summed E-state index contributed by atoms with van der Waals surface area (Å²) in [7, 11) is 0. The molecule has 0 N–H and O–H groups in total. The first-order valence-electron chi connectivity index (χ1n) is 3.44. The predicted octanol–water partition coefficient (Wildman–Crippen LogP) is 2.27.